The average Bonchev–Trinajstić information content (AvgIpc) is 3.22. The molecule has 0 saturated heterocycles. The molecule has 1 N–H and O–H groups in total. The molecule has 0 aliphatic carbocycles. The van der Waals surface area contributed by atoms with Crippen LogP contribution in [0.1, 0.15) is 31.1 Å². The Labute approximate surface area is 162 Å². The molecule has 0 radical (unpaired) electrons. The number of anilines is 1. The van der Waals surface area contributed by atoms with Crippen molar-refractivity contribution in [3.8, 4) is 16.8 Å². The third-order valence-corrected chi connectivity index (χ3v) is 5.77. The molecule has 0 bridgehead atoms. The zero-order valence-corrected chi connectivity index (χ0v) is 16.6. The molecule has 0 fully saturated rings. The van der Waals surface area contributed by atoms with E-state index in [4.69, 9.17) is 0 Å². The first-order chi connectivity index (χ1) is 13.3. The molecular weight excluding hydrogens is 353 g/mol. The summed E-state index contributed by atoms with van der Waals surface area (Å²) in [5.74, 6) is 1.27. The van der Waals surface area contributed by atoms with Crippen molar-refractivity contribution >= 4 is 16.6 Å². The minimum atomic E-state index is -0.511. The number of nitrogens with zero attached hydrogens (tertiary/aromatic N) is 4. The number of fused-ring (bicyclic) bond motifs is 4. The molecule has 142 valence electrons. The first-order valence-electron chi connectivity index (χ1n) is 9.38. The standard InChI is InChI=1S/C22H22FN5/c1-12-16(14-7-6-8-18-15(14)9-10-27(18)5)11-17(23)19-20(12)28-13(2)25-26-21(28)22(3,4)24-19/h6-11,24H,1-5H3. The number of benzene rings is 2. The Hall–Kier alpha value is -3.15. The van der Waals surface area contributed by atoms with Gasteiger partial charge in [-0.15, -0.1) is 10.2 Å². The number of aromatic nitrogens is 4. The van der Waals surface area contributed by atoms with Crippen molar-refractivity contribution in [2.24, 2.45) is 7.05 Å². The SMILES string of the molecule is Cc1c(-c2cccc3c2ccn3C)cc(F)c2c1-n1c(C)nnc1C(C)(C)N2. The molecule has 0 spiro atoms. The van der Waals surface area contributed by atoms with Gasteiger partial charge in [0.2, 0.25) is 0 Å². The number of hydrogen-bond donors (Lipinski definition) is 1. The van der Waals surface area contributed by atoms with Gasteiger partial charge in [-0.3, -0.25) is 4.57 Å². The molecule has 5 rings (SSSR count). The molecule has 4 aromatic rings. The van der Waals surface area contributed by atoms with Crippen LogP contribution in [0.4, 0.5) is 10.1 Å². The molecule has 3 heterocycles. The molecule has 2 aromatic carbocycles. The third-order valence-electron chi connectivity index (χ3n) is 5.77. The van der Waals surface area contributed by atoms with Gasteiger partial charge in [0.1, 0.15) is 11.6 Å². The van der Waals surface area contributed by atoms with Crippen LogP contribution in [0.2, 0.25) is 0 Å². The van der Waals surface area contributed by atoms with E-state index in [0.717, 1.165) is 44.9 Å². The summed E-state index contributed by atoms with van der Waals surface area (Å²) < 4.78 is 19.4. The molecule has 1 aliphatic heterocycles. The monoisotopic (exact) mass is 375 g/mol. The maximum Gasteiger partial charge on any atom is 0.162 e. The summed E-state index contributed by atoms with van der Waals surface area (Å²) in [6.07, 6.45) is 2.03. The highest BCUT2D eigenvalue weighted by molar-refractivity contribution is 5.97. The smallest absolute Gasteiger partial charge is 0.162 e. The zero-order valence-electron chi connectivity index (χ0n) is 16.6. The van der Waals surface area contributed by atoms with E-state index >= 15 is 4.39 Å². The molecule has 2 aromatic heterocycles. The Morgan fingerprint density at radius 1 is 1.07 bits per heavy atom. The summed E-state index contributed by atoms with van der Waals surface area (Å²) in [5, 5.41) is 13.1. The fourth-order valence-corrected chi connectivity index (χ4v) is 4.35. The maximum atomic E-state index is 15.4. The number of halogens is 1. The second-order valence-electron chi connectivity index (χ2n) is 8.08. The Morgan fingerprint density at radius 3 is 2.64 bits per heavy atom. The topological polar surface area (TPSA) is 47.7 Å². The van der Waals surface area contributed by atoms with Crippen molar-refractivity contribution in [1.29, 1.82) is 0 Å². The first-order valence-corrected chi connectivity index (χ1v) is 9.38. The zero-order chi connectivity index (χ0) is 19.8. The van der Waals surface area contributed by atoms with Crippen molar-refractivity contribution in [3.63, 3.8) is 0 Å². The van der Waals surface area contributed by atoms with Crippen LogP contribution in [0.3, 0.4) is 0 Å². The summed E-state index contributed by atoms with van der Waals surface area (Å²) in [5.41, 5.74) is 4.81. The molecule has 0 amide bonds. The van der Waals surface area contributed by atoms with Crippen LogP contribution in [-0.2, 0) is 12.6 Å². The largest absolute Gasteiger partial charge is 0.369 e. The predicted octanol–water partition coefficient (Wildman–Crippen LogP) is 4.84. The van der Waals surface area contributed by atoms with E-state index in [-0.39, 0.29) is 5.82 Å². The van der Waals surface area contributed by atoms with E-state index in [1.807, 2.05) is 51.6 Å². The lowest BCUT2D eigenvalue weighted by Crippen LogP contribution is -2.37. The average molecular weight is 375 g/mol. The van der Waals surface area contributed by atoms with Gasteiger partial charge in [-0.2, -0.15) is 0 Å². The van der Waals surface area contributed by atoms with Crippen LogP contribution in [0, 0.1) is 19.7 Å². The van der Waals surface area contributed by atoms with Gasteiger partial charge < -0.3 is 9.88 Å². The molecule has 0 atom stereocenters. The fourth-order valence-electron chi connectivity index (χ4n) is 4.35. The van der Waals surface area contributed by atoms with Gasteiger partial charge in [-0.05, 0) is 62.6 Å². The second kappa shape index (κ2) is 5.44. The lowest BCUT2D eigenvalue weighted by atomic mass is 9.92. The van der Waals surface area contributed by atoms with Crippen molar-refractivity contribution in [2.75, 3.05) is 5.32 Å². The minimum absolute atomic E-state index is 0.268. The number of nitrogens with one attached hydrogen (secondary N) is 1. The van der Waals surface area contributed by atoms with Gasteiger partial charge in [0.15, 0.2) is 5.82 Å². The number of hydrogen-bond acceptors (Lipinski definition) is 3. The summed E-state index contributed by atoms with van der Waals surface area (Å²) in [6.45, 7) is 7.93. The summed E-state index contributed by atoms with van der Waals surface area (Å²) in [7, 11) is 2.02. The molecule has 6 heteroatoms. The van der Waals surface area contributed by atoms with E-state index in [1.165, 1.54) is 0 Å². The van der Waals surface area contributed by atoms with E-state index in [2.05, 4.69) is 38.3 Å². The van der Waals surface area contributed by atoms with Crippen molar-refractivity contribution in [2.45, 2.75) is 33.2 Å². The molecule has 0 saturated carbocycles. The molecule has 0 unspecified atom stereocenters. The third kappa shape index (κ3) is 2.11. The Balaban J connectivity index is 1.86. The van der Waals surface area contributed by atoms with Crippen LogP contribution in [0.25, 0.3) is 27.7 Å². The highest BCUT2D eigenvalue weighted by atomic mass is 19.1. The van der Waals surface area contributed by atoms with Crippen LogP contribution >= 0.6 is 0 Å². The number of aryl methyl sites for hydroxylation is 2. The highest BCUT2D eigenvalue weighted by Crippen LogP contribution is 2.44. The highest BCUT2D eigenvalue weighted by Gasteiger charge is 2.37. The first kappa shape index (κ1) is 17.0. The van der Waals surface area contributed by atoms with Crippen LogP contribution < -0.4 is 5.32 Å². The van der Waals surface area contributed by atoms with E-state index in [9.17, 15) is 0 Å². The Kier molecular flexibility index (Phi) is 3.30. The predicted molar refractivity (Wildman–Crippen MR) is 109 cm³/mol. The lowest BCUT2D eigenvalue weighted by molar-refractivity contribution is 0.521. The van der Waals surface area contributed by atoms with Gasteiger partial charge in [0, 0.05) is 24.1 Å². The van der Waals surface area contributed by atoms with E-state index in [1.54, 1.807) is 6.07 Å². The van der Waals surface area contributed by atoms with Gasteiger partial charge >= 0.3 is 0 Å². The minimum Gasteiger partial charge on any atom is -0.369 e. The van der Waals surface area contributed by atoms with Crippen molar-refractivity contribution < 1.29 is 4.39 Å². The van der Waals surface area contributed by atoms with E-state index in [0.29, 0.717) is 5.69 Å². The lowest BCUT2D eigenvalue weighted by Gasteiger charge is -2.35. The van der Waals surface area contributed by atoms with Crippen LogP contribution in [0.15, 0.2) is 36.5 Å². The van der Waals surface area contributed by atoms with Crippen LogP contribution in [-0.4, -0.2) is 19.3 Å². The molecule has 28 heavy (non-hydrogen) atoms. The fraction of sp³-hybridized carbons (Fsp3) is 0.273. The van der Waals surface area contributed by atoms with Crippen LogP contribution in [0.5, 0.6) is 0 Å². The Morgan fingerprint density at radius 2 is 1.86 bits per heavy atom. The van der Waals surface area contributed by atoms with Gasteiger partial charge in [0.05, 0.1) is 16.9 Å². The van der Waals surface area contributed by atoms with Crippen molar-refractivity contribution in [3.05, 3.63) is 59.6 Å². The normalized spacial score (nSPS) is 14.6. The summed E-state index contributed by atoms with van der Waals surface area (Å²) in [4.78, 5) is 0. The molecule has 1 aliphatic rings. The molecule has 5 nitrogen and oxygen atoms in total. The van der Waals surface area contributed by atoms with Gasteiger partial charge in [-0.1, -0.05) is 12.1 Å². The summed E-state index contributed by atoms with van der Waals surface area (Å²) >= 11 is 0. The summed E-state index contributed by atoms with van der Waals surface area (Å²) in [6, 6.07) is 9.87. The van der Waals surface area contributed by atoms with Crippen molar-refractivity contribution in [1.82, 2.24) is 19.3 Å². The Bertz CT molecular complexity index is 1260. The quantitative estimate of drug-likeness (QED) is 0.518. The second-order valence-corrected chi connectivity index (χ2v) is 8.08. The maximum absolute atomic E-state index is 15.4. The van der Waals surface area contributed by atoms with Gasteiger partial charge in [-0.25, -0.2) is 4.39 Å². The van der Waals surface area contributed by atoms with Gasteiger partial charge in [0.25, 0.3) is 0 Å². The number of rotatable bonds is 1. The molecular formula is C22H22FN5. The van der Waals surface area contributed by atoms with E-state index < -0.39 is 5.54 Å².